The first-order chi connectivity index (χ1) is 16.8. The molecule has 6 heteroatoms. The minimum Gasteiger partial charge on any atom is -0.385 e. The first kappa shape index (κ1) is 23.9. The Morgan fingerprint density at radius 1 is 0.743 bits per heavy atom. The van der Waals surface area contributed by atoms with Crippen molar-refractivity contribution in [3.8, 4) is 0 Å². The van der Waals surface area contributed by atoms with Crippen molar-refractivity contribution in [2.75, 3.05) is 31.1 Å². The van der Waals surface area contributed by atoms with Gasteiger partial charge in [0.05, 0.1) is 11.2 Å². The second-order valence-electron chi connectivity index (χ2n) is 9.71. The van der Waals surface area contributed by atoms with Crippen LogP contribution in [0, 0.1) is 0 Å². The van der Waals surface area contributed by atoms with Gasteiger partial charge in [0.2, 0.25) is 0 Å². The number of hydrogen-bond acceptors (Lipinski definition) is 3. The molecule has 0 radical (unpaired) electrons. The summed E-state index contributed by atoms with van der Waals surface area (Å²) >= 11 is 0. The van der Waals surface area contributed by atoms with Crippen molar-refractivity contribution in [3.05, 3.63) is 95.1 Å². The SMILES string of the molecule is OC1(c2ccc(C(F)(F)F)cc2)CCN(CCCN2c3ccccc3CCc3ccccc32)CC1. The quantitative estimate of drug-likeness (QED) is 0.463. The Kier molecular flexibility index (Phi) is 6.60. The Bertz CT molecular complexity index is 1100. The second-order valence-corrected chi connectivity index (χ2v) is 9.71. The predicted octanol–water partition coefficient (Wildman–Crippen LogP) is 6.32. The van der Waals surface area contributed by atoms with Crippen LogP contribution in [0.2, 0.25) is 0 Å². The lowest BCUT2D eigenvalue weighted by Gasteiger charge is -2.39. The molecule has 0 aromatic heterocycles. The summed E-state index contributed by atoms with van der Waals surface area (Å²) < 4.78 is 38.6. The maximum atomic E-state index is 12.9. The number of piperidine rings is 1. The van der Waals surface area contributed by atoms with Crippen molar-refractivity contribution in [1.82, 2.24) is 4.90 Å². The van der Waals surface area contributed by atoms with Crippen molar-refractivity contribution in [3.63, 3.8) is 0 Å². The highest BCUT2D eigenvalue weighted by Gasteiger charge is 2.35. The molecular formula is C29H31F3N2O. The van der Waals surface area contributed by atoms with E-state index < -0.39 is 17.3 Å². The second kappa shape index (κ2) is 9.67. The summed E-state index contributed by atoms with van der Waals surface area (Å²) in [5.41, 5.74) is 4.15. The van der Waals surface area contributed by atoms with E-state index >= 15 is 0 Å². The van der Waals surface area contributed by atoms with Gasteiger partial charge >= 0.3 is 6.18 Å². The lowest BCUT2D eigenvalue weighted by Crippen LogP contribution is -2.43. The fourth-order valence-corrected chi connectivity index (χ4v) is 5.47. The molecule has 2 aliphatic heterocycles. The first-order valence-electron chi connectivity index (χ1n) is 12.4. The number of likely N-dealkylation sites (tertiary alicyclic amines) is 1. The van der Waals surface area contributed by atoms with Gasteiger partial charge in [-0.1, -0.05) is 48.5 Å². The van der Waals surface area contributed by atoms with Gasteiger partial charge in [-0.3, -0.25) is 0 Å². The Morgan fingerprint density at radius 2 is 1.29 bits per heavy atom. The highest BCUT2D eigenvalue weighted by atomic mass is 19.4. The standard InChI is InChI=1S/C29H31F3N2O/c30-29(31,32)25-14-12-24(13-15-25)28(35)16-20-33(21-17-28)18-5-19-34-26-8-3-1-6-22(26)10-11-23-7-2-4-9-27(23)34/h1-4,6-9,12-15,35H,5,10-11,16-21H2. The number of aliphatic hydroxyl groups is 1. The summed E-state index contributed by atoms with van der Waals surface area (Å²) in [4.78, 5) is 4.80. The van der Waals surface area contributed by atoms with E-state index in [-0.39, 0.29) is 0 Å². The van der Waals surface area contributed by atoms with Gasteiger partial charge in [0.1, 0.15) is 0 Å². The number of nitrogens with zero attached hydrogens (tertiary/aromatic N) is 2. The van der Waals surface area contributed by atoms with Crippen LogP contribution in [-0.2, 0) is 24.6 Å². The Labute approximate surface area is 204 Å². The monoisotopic (exact) mass is 480 g/mol. The number of halogens is 3. The van der Waals surface area contributed by atoms with Gasteiger partial charge in [-0.2, -0.15) is 13.2 Å². The molecule has 35 heavy (non-hydrogen) atoms. The van der Waals surface area contributed by atoms with Gasteiger partial charge < -0.3 is 14.9 Å². The van der Waals surface area contributed by atoms with E-state index in [1.54, 1.807) is 0 Å². The van der Waals surface area contributed by atoms with Crippen molar-refractivity contribution in [2.24, 2.45) is 0 Å². The summed E-state index contributed by atoms with van der Waals surface area (Å²) in [7, 11) is 0. The third-order valence-electron chi connectivity index (χ3n) is 7.52. The average molecular weight is 481 g/mol. The molecule has 0 aliphatic carbocycles. The van der Waals surface area contributed by atoms with E-state index in [1.807, 2.05) is 0 Å². The van der Waals surface area contributed by atoms with Gasteiger partial charge in [-0.15, -0.1) is 0 Å². The van der Waals surface area contributed by atoms with Gasteiger partial charge in [-0.25, -0.2) is 0 Å². The number of alkyl halides is 3. The molecule has 0 saturated carbocycles. The van der Waals surface area contributed by atoms with E-state index in [1.165, 1.54) is 34.6 Å². The Morgan fingerprint density at radius 3 is 1.83 bits per heavy atom. The molecule has 1 N–H and O–H groups in total. The van der Waals surface area contributed by atoms with Crippen LogP contribution in [-0.4, -0.2) is 36.2 Å². The number of aryl methyl sites for hydroxylation is 2. The van der Waals surface area contributed by atoms with E-state index in [4.69, 9.17) is 0 Å². The number of benzene rings is 3. The normalized spacial score (nSPS) is 18.0. The zero-order chi connectivity index (χ0) is 24.5. The zero-order valence-corrected chi connectivity index (χ0v) is 19.8. The van der Waals surface area contributed by atoms with Crippen LogP contribution in [0.1, 0.15) is 41.5 Å². The molecule has 0 spiro atoms. The first-order valence-corrected chi connectivity index (χ1v) is 12.4. The van der Waals surface area contributed by atoms with Gasteiger partial charge in [-0.05, 0) is 79.6 Å². The Hall–Kier alpha value is -2.83. The number of para-hydroxylation sites is 2. The molecule has 3 nitrogen and oxygen atoms in total. The fourth-order valence-electron chi connectivity index (χ4n) is 5.47. The third-order valence-corrected chi connectivity index (χ3v) is 7.52. The largest absolute Gasteiger partial charge is 0.416 e. The summed E-state index contributed by atoms with van der Waals surface area (Å²) in [6, 6.07) is 22.3. The minimum atomic E-state index is -4.36. The summed E-state index contributed by atoms with van der Waals surface area (Å²) in [5.74, 6) is 0. The van der Waals surface area contributed by atoms with Gasteiger partial charge in [0.25, 0.3) is 0 Å². The average Bonchev–Trinajstić information content (AvgIpc) is 3.02. The van der Waals surface area contributed by atoms with E-state index in [2.05, 4.69) is 58.3 Å². The molecule has 1 fully saturated rings. The predicted molar refractivity (Wildman–Crippen MR) is 133 cm³/mol. The molecule has 0 bridgehead atoms. The molecule has 2 heterocycles. The van der Waals surface area contributed by atoms with Crippen LogP contribution in [0.25, 0.3) is 0 Å². The van der Waals surface area contributed by atoms with Crippen molar-refractivity contribution in [1.29, 1.82) is 0 Å². The summed E-state index contributed by atoms with van der Waals surface area (Å²) in [6.45, 7) is 3.28. The number of anilines is 2. The summed E-state index contributed by atoms with van der Waals surface area (Å²) in [6.07, 6.45) is -0.252. The zero-order valence-electron chi connectivity index (χ0n) is 19.8. The highest BCUT2D eigenvalue weighted by Crippen LogP contribution is 2.37. The third kappa shape index (κ3) is 5.09. The molecule has 3 aromatic rings. The molecule has 0 unspecified atom stereocenters. The van der Waals surface area contributed by atoms with Crippen LogP contribution in [0.4, 0.5) is 24.5 Å². The van der Waals surface area contributed by atoms with Crippen molar-refractivity contribution < 1.29 is 18.3 Å². The van der Waals surface area contributed by atoms with E-state index in [0.29, 0.717) is 18.4 Å². The number of rotatable bonds is 5. The fraction of sp³-hybridized carbons (Fsp3) is 0.379. The molecule has 1 saturated heterocycles. The van der Waals surface area contributed by atoms with E-state index in [9.17, 15) is 18.3 Å². The molecule has 0 amide bonds. The summed E-state index contributed by atoms with van der Waals surface area (Å²) in [5, 5.41) is 11.1. The molecule has 2 aliphatic rings. The van der Waals surface area contributed by atoms with Crippen LogP contribution >= 0.6 is 0 Å². The molecular weight excluding hydrogens is 449 g/mol. The molecule has 0 atom stereocenters. The lowest BCUT2D eigenvalue weighted by atomic mass is 9.84. The molecule has 5 rings (SSSR count). The number of fused-ring (bicyclic) bond motifs is 2. The van der Waals surface area contributed by atoms with Crippen molar-refractivity contribution in [2.45, 2.75) is 43.9 Å². The molecule has 184 valence electrons. The molecule has 3 aromatic carbocycles. The van der Waals surface area contributed by atoms with Crippen LogP contribution in [0.3, 0.4) is 0 Å². The van der Waals surface area contributed by atoms with Crippen molar-refractivity contribution >= 4 is 11.4 Å². The maximum Gasteiger partial charge on any atom is 0.416 e. The highest BCUT2D eigenvalue weighted by molar-refractivity contribution is 5.71. The number of hydrogen-bond donors (Lipinski definition) is 1. The van der Waals surface area contributed by atoms with Crippen LogP contribution in [0.5, 0.6) is 0 Å². The van der Waals surface area contributed by atoms with Crippen LogP contribution < -0.4 is 4.90 Å². The Balaban J connectivity index is 1.20. The minimum absolute atomic E-state index is 0.522. The van der Waals surface area contributed by atoms with E-state index in [0.717, 1.165) is 57.6 Å². The smallest absolute Gasteiger partial charge is 0.385 e. The van der Waals surface area contributed by atoms with Crippen LogP contribution in [0.15, 0.2) is 72.8 Å². The maximum absolute atomic E-state index is 12.9. The van der Waals surface area contributed by atoms with Gasteiger partial charge in [0.15, 0.2) is 0 Å². The lowest BCUT2D eigenvalue weighted by molar-refractivity contribution is -0.137. The topological polar surface area (TPSA) is 26.7 Å². The van der Waals surface area contributed by atoms with Gasteiger partial charge in [0, 0.05) is 31.0 Å².